The molecule has 0 fully saturated rings. The summed E-state index contributed by atoms with van der Waals surface area (Å²) in [5.74, 6) is -2.97. The average molecular weight is 204 g/mol. The van der Waals surface area contributed by atoms with Crippen LogP contribution in [0.15, 0.2) is 0 Å². The second-order valence-corrected chi connectivity index (χ2v) is 2.67. The zero-order chi connectivity index (χ0) is 11.2. The normalized spacial score (nSPS) is 10.9. The Morgan fingerprint density at radius 3 is 1.71 bits per heavy atom. The number of esters is 2. The molecule has 0 aliphatic rings. The number of rotatable bonds is 5. The van der Waals surface area contributed by atoms with Crippen LogP contribution in [0.3, 0.4) is 0 Å². The number of carbonyl (C=O) groups excluding carboxylic acids is 2. The predicted octanol–water partition coefficient (Wildman–Crippen LogP) is -0.536. The van der Waals surface area contributed by atoms with E-state index < -0.39 is 17.8 Å². The fraction of sp³-hybridized carbons (Fsp3) is 0.750. The Morgan fingerprint density at radius 2 is 1.50 bits per heavy atom. The summed E-state index contributed by atoms with van der Waals surface area (Å²) in [4.78, 5) is 21.8. The molecule has 0 unspecified atom stereocenters. The molecule has 6 nitrogen and oxygen atoms in total. The van der Waals surface area contributed by atoms with Gasteiger partial charge in [0.2, 0.25) is 0 Å². The van der Waals surface area contributed by atoms with Gasteiger partial charge < -0.3 is 15.2 Å². The van der Waals surface area contributed by atoms with Crippen molar-refractivity contribution in [3.05, 3.63) is 0 Å². The van der Waals surface area contributed by atoms with Crippen LogP contribution < -0.4 is 11.5 Å². The lowest BCUT2D eigenvalue weighted by Crippen LogP contribution is -2.54. The van der Waals surface area contributed by atoms with Crippen LogP contribution in [0.2, 0.25) is 0 Å². The van der Waals surface area contributed by atoms with Crippen molar-refractivity contribution in [2.24, 2.45) is 11.5 Å². The Bertz CT molecular complexity index is 199. The number of hydrogen-bond acceptors (Lipinski definition) is 6. The first-order valence-electron chi connectivity index (χ1n) is 4.40. The molecule has 14 heavy (non-hydrogen) atoms. The lowest BCUT2D eigenvalue weighted by Gasteiger charge is -2.26. The standard InChI is InChI=1S/C8H16N2O4/c1-3-6(11)13-8(10,5-9)14-7(12)4-2/h3-5,9-10H2,1-2H3. The predicted molar refractivity (Wildman–Crippen MR) is 48.7 cm³/mol. The van der Waals surface area contributed by atoms with Crippen LogP contribution in [0, 0.1) is 0 Å². The van der Waals surface area contributed by atoms with Crippen molar-refractivity contribution in [2.45, 2.75) is 32.6 Å². The van der Waals surface area contributed by atoms with Gasteiger partial charge in [-0.05, 0) is 0 Å². The second kappa shape index (κ2) is 5.56. The summed E-state index contributed by atoms with van der Waals surface area (Å²) in [6, 6.07) is 0. The molecule has 0 aliphatic heterocycles. The molecule has 0 amide bonds. The average Bonchev–Trinajstić information content (AvgIpc) is 2.17. The third kappa shape index (κ3) is 4.20. The fourth-order valence-electron chi connectivity index (χ4n) is 0.634. The lowest BCUT2D eigenvalue weighted by atomic mass is 10.4. The Kier molecular flexibility index (Phi) is 5.11. The molecular weight excluding hydrogens is 188 g/mol. The van der Waals surface area contributed by atoms with Crippen LogP contribution in [0.25, 0.3) is 0 Å². The highest BCUT2D eigenvalue weighted by atomic mass is 16.7. The molecule has 0 heterocycles. The van der Waals surface area contributed by atoms with Crippen molar-refractivity contribution >= 4 is 11.9 Å². The van der Waals surface area contributed by atoms with E-state index in [1.54, 1.807) is 13.8 Å². The molecule has 0 spiro atoms. The number of ether oxygens (including phenoxy) is 2. The summed E-state index contributed by atoms with van der Waals surface area (Å²) < 4.78 is 9.36. The summed E-state index contributed by atoms with van der Waals surface area (Å²) >= 11 is 0. The summed E-state index contributed by atoms with van der Waals surface area (Å²) in [5.41, 5.74) is 10.7. The number of nitrogens with two attached hydrogens (primary N) is 2. The second-order valence-electron chi connectivity index (χ2n) is 2.67. The first kappa shape index (κ1) is 12.9. The maximum atomic E-state index is 10.9. The zero-order valence-corrected chi connectivity index (χ0v) is 8.41. The maximum Gasteiger partial charge on any atom is 0.328 e. The van der Waals surface area contributed by atoms with Crippen LogP contribution in [0.4, 0.5) is 0 Å². The fourth-order valence-corrected chi connectivity index (χ4v) is 0.634. The van der Waals surface area contributed by atoms with E-state index in [1.165, 1.54) is 0 Å². The van der Waals surface area contributed by atoms with E-state index in [9.17, 15) is 9.59 Å². The molecule has 0 bridgehead atoms. The van der Waals surface area contributed by atoms with Gasteiger partial charge in [-0.25, -0.2) is 0 Å². The van der Waals surface area contributed by atoms with Gasteiger partial charge in [0, 0.05) is 12.8 Å². The van der Waals surface area contributed by atoms with Gasteiger partial charge >= 0.3 is 17.8 Å². The molecule has 0 atom stereocenters. The van der Waals surface area contributed by atoms with E-state index in [-0.39, 0.29) is 19.4 Å². The number of hydrogen-bond donors (Lipinski definition) is 2. The maximum absolute atomic E-state index is 10.9. The first-order valence-corrected chi connectivity index (χ1v) is 4.40. The van der Waals surface area contributed by atoms with Crippen LogP contribution in [0.1, 0.15) is 26.7 Å². The van der Waals surface area contributed by atoms with E-state index in [0.717, 1.165) is 0 Å². The molecule has 0 aromatic heterocycles. The zero-order valence-electron chi connectivity index (χ0n) is 8.41. The Hall–Kier alpha value is -1.14. The van der Waals surface area contributed by atoms with Crippen LogP contribution >= 0.6 is 0 Å². The highest BCUT2D eigenvalue weighted by molar-refractivity contribution is 5.71. The topological polar surface area (TPSA) is 105 Å². The molecule has 0 aromatic rings. The monoisotopic (exact) mass is 204 g/mol. The SMILES string of the molecule is CCC(=O)OC(N)(CN)OC(=O)CC. The Balaban J connectivity index is 4.31. The minimum Gasteiger partial charge on any atom is -0.407 e. The third-order valence-electron chi connectivity index (χ3n) is 1.44. The highest BCUT2D eigenvalue weighted by Gasteiger charge is 2.31. The summed E-state index contributed by atoms with van der Waals surface area (Å²) in [6.45, 7) is 2.92. The first-order chi connectivity index (χ1) is 6.47. The molecular formula is C8H16N2O4. The summed E-state index contributed by atoms with van der Waals surface area (Å²) in [5, 5.41) is 0. The van der Waals surface area contributed by atoms with Gasteiger partial charge in [0.15, 0.2) is 0 Å². The molecule has 4 N–H and O–H groups in total. The molecule has 0 radical (unpaired) electrons. The smallest absolute Gasteiger partial charge is 0.328 e. The third-order valence-corrected chi connectivity index (χ3v) is 1.44. The quantitative estimate of drug-likeness (QED) is 0.460. The number of carbonyl (C=O) groups is 2. The van der Waals surface area contributed by atoms with E-state index in [1.807, 2.05) is 0 Å². The van der Waals surface area contributed by atoms with Crippen molar-refractivity contribution in [3.8, 4) is 0 Å². The molecule has 0 saturated heterocycles. The van der Waals surface area contributed by atoms with E-state index in [4.69, 9.17) is 11.5 Å². The molecule has 0 rings (SSSR count). The highest BCUT2D eigenvalue weighted by Crippen LogP contribution is 2.06. The summed E-state index contributed by atoms with van der Waals surface area (Å²) in [6.07, 6.45) is 0.283. The van der Waals surface area contributed by atoms with Crippen molar-refractivity contribution in [2.75, 3.05) is 6.54 Å². The minimum absolute atomic E-state index is 0.141. The van der Waals surface area contributed by atoms with Gasteiger partial charge in [-0.15, -0.1) is 0 Å². The molecule has 0 aromatic carbocycles. The van der Waals surface area contributed by atoms with Crippen molar-refractivity contribution in [1.29, 1.82) is 0 Å². The van der Waals surface area contributed by atoms with Gasteiger partial charge in [-0.1, -0.05) is 13.8 Å². The van der Waals surface area contributed by atoms with Crippen LogP contribution in [-0.4, -0.2) is 24.4 Å². The van der Waals surface area contributed by atoms with Gasteiger partial charge in [-0.2, -0.15) is 0 Å². The molecule has 0 saturated carbocycles. The summed E-state index contributed by atoms with van der Waals surface area (Å²) in [7, 11) is 0. The molecule has 6 heteroatoms. The lowest BCUT2D eigenvalue weighted by molar-refractivity contribution is -0.223. The van der Waals surface area contributed by atoms with Gasteiger partial charge in [0.1, 0.15) is 0 Å². The Morgan fingerprint density at radius 1 is 1.14 bits per heavy atom. The van der Waals surface area contributed by atoms with Gasteiger partial charge in [0.05, 0.1) is 6.54 Å². The van der Waals surface area contributed by atoms with E-state index in [0.29, 0.717) is 0 Å². The van der Waals surface area contributed by atoms with Crippen LogP contribution in [-0.2, 0) is 19.1 Å². The van der Waals surface area contributed by atoms with Gasteiger partial charge in [-0.3, -0.25) is 15.3 Å². The minimum atomic E-state index is -1.83. The molecule has 0 aliphatic carbocycles. The van der Waals surface area contributed by atoms with Crippen molar-refractivity contribution in [3.63, 3.8) is 0 Å². The molecule has 82 valence electrons. The van der Waals surface area contributed by atoms with Crippen molar-refractivity contribution < 1.29 is 19.1 Å². The Labute approximate surface area is 82.5 Å². The van der Waals surface area contributed by atoms with E-state index >= 15 is 0 Å². The van der Waals surface area contributed by atoms with Crippen molar-refractivity contribution in [1.82, 2.24) is 0 Å². The van der Waals surface area contributed by atoms with Crippen LogP contribution in [0.5, 0.6) is 0 Å². The largest absolute Gasteiger partial charge is 0.407 e. The van der Waals surface area contributed by atoms with E-state index in [2.05, 4.69) is 9.47 Å². The van der Waals surface area contributed by atoms with Gasteiger partial charge in [0.25, 0.3) is 0 Å².